The van der Waals surface area contributed by atoms with E-state index in [1.165, 1.54) is 11.6 Å². The number of benzene rings is 1. The van der Waals surface area contributed by atoms with Gasteiger partial charge in [-0.1, -0.05) is 38.3 Å². The summed E-state index contributed by atoms with van der Waals surface area (Å²) in [6.07, 6.45) is 4.38. The van der Waals surface area contributed by atoms with Crippen LogP contribution >= 0.6 is 0 Å². The Bertz CT molecular complexity index is 822. The summed E-state index contributed by atoms with van der Waals surface area (Å²) in [7, 11) is 0. The highest BCUT2D eigenvalue weighted by atomic mass is 16.3. The zero-order valence-electron chi connectivity index (χ0n) is 14.1. The van der Waals surface area contributed by atoms with Gasteiger partial charge in [-0.2, -0.15) is 0 Å². The van der Waals surface area contributed by atoms with Gasteiger partial charge in [-0.05, 0) is 25.0 Å². The van der Waals surface area contributed by atoms with Crippen molar-refractivity contribution in [3.05, 3.63) is 40.4 Å². The highest BCUT2D eigenvalue weighted by Gasteiger charge is 2.38. The van der Waals surface area contributed by atoms with Crippen molar-refractivity contribution >= 4 is 16.8 Å². The number of carbonyl (C=O) groups excluding carboxylic acids is 1. The highest BCUT2D eigenvalue weighted by Crippen LogP contribution is 2.38. The summed E-state index contributed by atoms with van der Waals surface area (Å²) >= 11 is 0. The maximum absolute atomic E-state index is 12.8. The number of para-hydroxylation sites is 1. The van der Waals surface area contributed by atoms with Crippen LogP contribution in [-0.4, -0.2) is 26.3 Å². The van der Waals surface area contributed by atoms with Gasteiger partial charge in [0.05, 0.1) is 16.5 Å². The van der Waals surface area contributed by atoms with E-state index in [0.29, 0.717) is 29.6 Å². The van der Waals surface area contributed by atoms with Gasteiger partial charge in [0.25, 0.3) is 5.56 Å². The molecule has 1 aliphatic rings. The van der Waals surface area contributed by atoms with Crippen LogP contribution in [0.3, 0.4) is 0 Å². The molecule has 6 nitrogen and oxygen atoms in total. The molecule has 1 saturated carbocycles. The lowest BCUT2D eigenvalue weighted by molar-refractivity contribution is -0.115. The van der Waals surface area contributed by atoms with Crippen LogP contribution in [0, 0.1) is 0 Å². The fourth-order valence-electron chi connectivity index (χ4n) is 3.54. The molecule has 0 bridgehead atoms. The Balaban J connectivity index is 2.17. The van der Waals surface area contributed by atoms with Gasteiger partial charge in [0, 0.05) is 12.8 Å². The predicted molar refractivity (Wildman–Crippen MR) is 92.5 cm³/mol. The summed E-state index contributed by atoms with van der Waals surface area (Å²) in [5.41, 5.74) is 1.91. The Kier molecular flexibility index (Phi) is 4.41. The number of amides is 1. The molecule has 1 aromatic carbocycles. The first-order chi connectivity index (χ1) is 11.4. The van der Waals surface area contributed by atoms with Crippen LogP contribution in [0.1, 0.15) is 57.7 Å². The van der Waals surface area contributed by atoms with E-state index >= 15 is 0 Å². The monoisotopic (exact) mass is 329 g/mol. The summed E-state index contributed by atoms with van der Waals surface area (Å²) in [6, 6.07) is 7.05. The van der Waals surface area contributed by atoms with Gasteiger partial charge < -0.3 is 5.11 Å². The minimum atomic E-state index is -0.902. The molecule has 3 rings (SSSR count). The molecule has 1 heterocycles. The number of hydrogen-bond donors (Lipinski definition) is 2. The first-order valence-electron chi connectivity index (χ1n) is 8.44. The second kappa shape index (κ2) is 6.36. The predicted octanol–water partition coefficient (Wildman–Crippen LogP) is 2.29. The van der Waals surface area contributed by atoms with E-state index in [2.05, 4.69) is 10.4 Å². The van der Waals surface area contributed by atoms with E-state index in [-0.39, 0.29) is 17.4 Å². The number of nitrogens with zero attached hydrogens (tertiary/aromatic N) is 2. The molecule has 1 atom stereocenters. The van der Waals surface area contributed by atoms with Gasteiger partial charge in [0.2, 0.25) is 5.91 Å². The summed E-state index contributed by atoms with van der Waals surface area (Å²) in [4.78, 5) is 29.0. The van der Waals surface area contributed by atoms with E-state index < -0.39 is 5.60 Å². The lowest BCUT2D eigenvalue weighted by atomic mass is 9.76. The van der Waals surface area contributed by atoms with Gasteiger partial charge in [0.1, 0.15) is 5.82 Å². The molecule has 128 valence electrons. The standard InChI is InChI=1S/C18H23N3O3/c1-12(18(24)10-6-3-7-11-18)16-19-15-9-5-4-8-14(15)17(23)21(16)20-13(2)22/h4-5,8-9,12,24H,3,6-7,10-11H2,1-2H3,(H,20,22). The summed E-state index contributed by atoms with van der Waals surface area (Å²) < 4.78 is 1.20. The van der Waals surface area contributed by atoms with Crippen molar-refractivity contribution < 1.29 is 9.90 Å². The Labute approximate surface area is 140 Å². The van der Waals surface area contributed by atoms with Crippen LogP contribution in [0.4, 0.5) is 0 Å². The Morgan fingerprint density at radius 3 is 2.62 bits per heavy atom. The minimum Gasteiger partial charge on any atom is -0.389 e. The van der Waals surface area contributed by atoms with Gasteiger partial charge in [-0.3, -0.25) is 15.0 Å². The lowest BCUT2D eigenvalue weighted by Crippen LogP contribution is -2.43. The zero-order chi connectivity index (χ0) is 17.3. The number of hydrogen-bond acceptors (Lipinski definition) is 4. The van der Waals surface area contributed by atoms with Crippen molar-refractivity contribution in [1.82, 2.24) is 9.66 Å². The van der Waals surface area contributed by atoms with Crippen LogP contribution in [0.5, 0.6) is 0 Å². The van der Waals surface area contributed by atoms with Gasteiger partial charge >= 0.3 is 0 Å². The molecule has 0 radical (unpaired) electrons. The topological polar surface area (TPSA) is 84.2 Å². The molecule has 0 spiro atoms. The first kappa shape index (κ1) is 16.6. The van der Waals surface area contributed by atoms with Crippen LogP contribution in [0.25, 0.3) is 10.9 Å². The molecule has 2 aromatic rings. The number of nitrogens with one attached hydrogen (secondary N) is 1. The Morgan fingerprint density at radius 2 is 1.96 bits per heavy atom. The van der Waals surface area contributed by atoms with E-state index in [0.717, 1.165) is 19.3 Å². The fraction of sp³-hybridized carbons (Fsp3) is 0.500. The molecular formula is C18H23N3O3. The third kappa shape index (κ3) is 2.94. The van der Waals surface area contributed by atoms with Gasteiger partial charge in [-0.15, -0.1) is 0 Å². The van der Waals surface area contributed by atoms with E-state index in [9.17, 15) is 14.7 Å². The molecule has 6 heteroatoms. The third-order valence-corrected chi connectivity index (χ3v) is 4.98. The summed E-state index contributed by atoms with van der Waals surface area (Å²) in [5, 5.41) is 11.5. The number of rotatable bonds is 3. The largest absolute Gasteiger partial charge is 0.389 e. The number of aliphatic hydroxyl groups is 1. The number of aromatic nitrogens is 2. The second-order valence-electron chi connectivity index (χ2n) is 6.68. The molecule has 0 aliphatic heterocycles. The van der Waals surface area contributed by atoms with Crippen LogP contribution < -0.4 is 11.0 Å². The molecule has 2 N–H and O–H groups in total. The molecule has 1 aromatic heterocycles. The van der Waals surface area contributed by atoms with Crippen molar-refractivity contribution in [2.24, 2.45) is 0 Å². The van der Waals surface area contributed by atoms with Crippen molar-refractivity contribution in [1.29, 1.82) is 0 Å². The molecule has 1 amide bonds. The highest BCUT2D eigenvalue weighted by molar-refractivity contribution is 5.82. The third-order valence-electron chi connectivity index (χ3n) is 4.98. The first-order valence-corrected chi connectivity index (χ1v) is 8.44. The lowest BCUT2D eigenvalue weighted by Gasteiger charge is -2.37. The smallest absolute Gasteiger partial charge is 0.280 e. The van der Waals surface area contributed by atoms with Crippen molar-refractivity contribution in [3.63, 3.8) is 0 Å². The number of fused-ring (bicyclic) bond motifs is 1. The molecule has 24 heavy (non-hydrogen) atoms. The Morgan fingerprint density at radius 1 is 1.29 bits per heavy atom. The molecular weight excluding hydrogens is 306 g/mol. The fourth-order valence-corrected chi connectivity index (χ4v) is 3.54. The molecule has 1 fully saturated rings. The maximum Gasteiger partial charge on any atom is 0.280 e. The van der Waals surface area contributed by atoms with Crippen LogP contribution in [0.15, 0.2) is 29.1 Å². The number of carbonyl (C=O) groups is 1. The average molecular weight is 329 g/mol. The second-order valence-corrected chi connectivity index (χ2v) is 6.68. The normalized spacial score (nSPS) is 18.3. The average Bonchev–Trinajstić information content (AvgIpc) is 2.57. The quantitative estimate of drug-likeness (QED) is 0.905. The molecule has 0 saturated heterocycles. The van der Waals surface area contributed by atoms with Gasteiger partial charge in [0.15, 0.2) is 0 Å². The van der Waals surface area contributed by atoms with Crippen molar-refractivity contribution in [3.8, 4) is 0 Å². The van der Waals surface area contributed by atoms with E-state index in [1.54, 1.807) is 18.2 Å². The van der Waals surface area contributed by atoms with E-state index in [4.69, 9.17) is 0 Å². The van der Waals surface area contributed by atoms with Crippen molar-refractivity contribution in [2.45, 2.75) is 57.5 Å². The maximum atomic E-state index is 12.8. The SMILES string of the molecule is CC(=O)Nn1c(C(C)C2(O)CCCCC2)nc2ccccc2c1=O. The summed E-state index contributed by atoms with van der Waals surface area (Å²) in [6.45, 7) is 3.23. The molecule has 1 aliphatic carbocycles. The Hall–Kier alpha value is -2.21. The molecule has 1 unspecified atom stereocenters. The minimum absolute atomic E-state index is 0.322. The van der Waals surface area contributed by atoms with E-state index in [1.807, 2.05) is 13.0 Å². The van der Waals surface area contributed by atoms with Crippen LogP contribution in [-0.2, 0) is 4.79 Å². The zero-order valence-corrected chi connectivity index (χ0v) is 14.1. The van der Waals surface area contributed by atoms with Crippen LogP contribution in [0.2, 0.25) is 0 Å². The summed E-state index contributed by atoms with van der Waals surface area (Å²) in [5.74, 6) is -0.307. The van der Waals surface area contributed by atoms with Gasteiger partial charge in [-0.25, -0.2) is 9.66 Å². The van der Waals surface area contributed by atoms with Crippen molar-refractivity contribution in [2.75, 3.05) is 5.43 Å².